The molecule has 2 fully saturated rings. The van der Waals surface area contributed by atoms with E-state index in [1.807, 2.05) is 4.90 Å². The number of likely N-dealkylation sites (tertiary alicyclic amines) is 2. The average molecular weight is 463 g/mol. The Hall–Kier alpha value is -2.25. The van der Waals surface area contributed by atoms with Crippen LogP contribution in [0.2, 0.25) is 0 Å². The molecule has 2 aromatic rings. The Morgan fingerprint density at radius 3 is 1.91 bits per heavy atom. The van der Waals surface area contributed by atoms with Crippen LogP contribution < -0.4 is 0 Å². The first kappa shape index (κ1) is 22.2. The van der Waals surface area contributed by atoms with Crippen molar-refractivity contribution in [2.75, 3.05) is 45.9 Å². The summed E-state index contributed by atoms with van der Waals surface area (Å²) in [5.74, 6) is 0.0923. The number of rotatable bonds is 5. The number of amides is 1. The van der Waals surface area contributed by atoms with Crippen LogP contribution in [0.3, 0.4) is 0 Å². The number of nitrogens with zero attached hydrogens (tertiary/aromatic N) is 2. The molecule has 0 radical (unpaired) electrons. The standard InChI is InChI=1S/C28H34N2O4/c31-26(30-15-11-28(12-16-30)25-8-4-2-6-23(25)20-34-28)21-32-18-17-29-13-9-27(10-14-29)24-7-3-1-5-22(24)19-33-27/h1-8H,9-21H2. The van der Waals surface area contributed by atoms with Gasteiger partial charge in [0.25, 0.3) is 0 Å². The quantitative estimate of drug-likeness (QED) is 0.636. The Kier molecular flexibility index (Phi) is 5.94. The van der Waals surface area contributed by atoms with Gasteiger partial charge in [0.1, 0.15) is 6.61 Å². The van der Waals surface area contributed by atoms with Crippen LogP contribution >= 0.6 is 0 Å². The second-order valence-corrected chi connectivity index (χ2v) is 10.2. The number of carbonyl (C=O) groups is 1. The molecule has 1 amide bonds. The minimum Gasteiger partial charge on any atom is -0.370 e. The molecule has 2 aromatic carbocycles. The van der Waals surface area contributed by atoms with Gasteiger partial charge in [-0.05, 0) is 47.9 Å². The van der Waals surface area contributed by atoms with E-state index in [0.29, 0.717) is 13.2 Å². The van der Waals surface area contributed by atoms with Gasteiger partial charge in [0.05, 0.1) is 31.0 Å². The molecule has 0 aliphatic carbocycles. The summed E-state index contributed by atoms with van der Waals surface area (Å²) in [7, 11) is 0. The maximum atomic E-state index is 12.7. The zero-order chi connectivity index (χ0) is 23.0. The van der Waals surface area contributed by atoms with Crippen molar-refractivity contribution >= 4 is 5.91 Å². The van der Waals surface area contributed by atoms with Crippen molar-refractivity contribution in [3.63, 3.8) is 0 Å². The molecule has 0 atom stereocenters. The van der Waals surface area contributed by atoms with Gasteiger partial charge in [0.15, 0.2) is 0 Å². The van der Waals surface area contributed by atoms with E-state index in [9.17, 15) is 4.79 Å². The maximum absolute atomic E-state index is 12.7. The van der Waals surface area contributed by atoms with E-state index < -0.39 is 0 Å². The number of fused-ring (bicyclic) bond motifs is 4. The van der Waals surface area contributed by atoms with E-state index >= 15 is 0 Å². The third-order valence-electron chi connectivity index (χ3n) is 8.39. The SMILES string of the molecule is O=C(COCCN1CCC2(CC1)OCc1ccccc12)N1CCC2(CC1)OCc1ccccc12. The van der Waals surface area contributed by atoms with E-state index in [0.717, 1.165) is 65.0 Å². The summed E-state index contributed by atoms with van der Waals surface area (Å²) in [5.41, 5.74) is 5.02. The number of benzene rings is 2. The Morgan fingerprint density at radius 2 is 1.32 bits per heavy atom. The van der Waals surface area contributed by atoms with Crippen molar-refractivity contribution in [3.8, 4) is 0 Å². The van der Waals surface area contributed by atoms with Crippen molar-refractivity contribution in [1.29, 1.82) is 0 Å². The van der Waals surface area contributed by atoms with Gasteiger partial charge in [-0.15, -0.1) is 0 Å². The highest BCUT2D eigenvalue weighted by Gasteiger charge is 2.44. The summed E-state index contributed by atoms with van der Waals surface area (Å²) in [4.78, 5) is 17.1. The fourth-order valence-corrected chi connectivity index (χ4v) is 6.30. The van der Waals surface area contributed by atoms with Crippen LogP contribution in [0.4, 0.5) is 0 Å². The number of carbonyl (C=O) groups excluding carboxylic acids is 1. The summed E-state index contributed by atoms with van der Waals surface area (Å²) in [6.45, 7) is 6.49. The van der Waals surface area contributed by atoms with E-state index in [1.54, 1.807) is 0 Å². The lowest BCUT2D eigenvalue weighted by Gasteiger charge is -2.39. The Morgan fingerprint density at radius 1 is 0.794 bits per heavy atom. The third kappa shape index (κ3) is 3.97. The molecule has 0 saturated carbocycles. The monoisotopic (exact) mass is 462 g/mol. The van der Waals surface area contributed by atoms with Crippen LogP contribution in [-0.2, 0) is 43.4 Å². The van der Waals surface area contributed by atoms with Gasteiger partial charge in [0.2, 0.25) is 5.91 Å². The molecule has 4 aliphatic rings. The van der Waals surface area contributed by atoms with E-state index in [1.165, 1.54) is 22.3 Å². The van der Waals surface area contributed by atoms with Crippen LogP contribution in [0.25, 0.3) is 0 Å². The first-order valence-electron chi connectivity index (χ1n) is 12.7. The molecule has 180 valence electrons. The minimum atomic E-state index is -0.205. The van der Waals surface area contributed by atoms with Crippen molar-refractivity contribution in [2.24, 2.45) is 0 Å². The lowest BCUT2D eigenvalue weighted by atomic mass is 9.84. The maximum Gasteiger partial charge on any atom is 0.248 e. The predicted octanol–water partition coefficient (Wildman–Crippen LogP) is 3.57. The molecule has 6 heteroatoms. The summed E-state index contributed by atoms with van der Waals surface area (Å²) in [5, 5.41) is 0. The molecule has 6 rings (SSSR count). The fourth-order valence-electron chi connectivity index (χ4n) is 6.30. The molecule has 6 nitrogen and oxygen atoms in total. The van der Waals surface area contributed by atoms with Gasteiger partial charge >= 0.3 is 0 Å². The van der Waals surface area contributed by atoms with Gasteiger partial charge in [0, 0.05) is 32.7 Å². The molecule has 4 heterocycles. The van der Waals surface area contributed by atoms with Crippen molar-refractivity contribution in [3.05, 3.63) is 70.8 Å². The topological polar surface area (TPSA) is 51.2 Å². The fraction of sp³-hybridized carbons (Fsp3) is 0.536. The number of hydrogen-bond donors (Lipinski definition) is 0. The highest BCUT2D eigenvalue weighted by Crippen LogP contribution is 2.45. The molecule has 4 aliphatic heterocycles. The van der Waals surface area contributed by atoms with Gasteiger partial charge in [-0.2, -0.15) is 0 Å². The Bertz CT molecular complexity index is 1040. The zero-order valence-corrected chi connectivity index (χ0v) is 19.8. The normalized spacial score (nSPS) is 22.8. The molecule has 0 bridgehead atoms. The van der Waals surface area contributed by atoms with Crippen molar-refractivity contribution in [2.45, 2.75) is 50.1 Å². The van der Waals surface area contributed by atoms with Crippen LogP contribution in [0.15, 0.2) is 48.5 Å². The van der Waals surface area contributed by atoms with Gasteiger partial charge in [-0.3, -0.25) is 4.79 Å². The molecule has 0 N–H and O–H groups in total. The third-order valence-corrected chi connectivity index (χ3v) is 8.39. The van der Waals surface area contributed by atoms with E-state index in [-0.39, 0.29) is 23.7 Å². The summed E-state index contributed by atoms with van der Waals surface area (Å²) in [6, 6.07) is 17.1. The first-order chi connectivity index (χ1) is 16.7. The molecule has 2 spiro atoms. The highest BCUT2D eigenvalue weighted by atomic mass is 16.5. The predicted molar refractivity (Wildman–Crippen MR) is 128 cm³/mol. The number of piperidine rings is 2. The molecule has 2 saturated heterocycles. The van der Waals surface area contributed by atoms with Gasteiger partial charge in [-0.1, -0.05) is 48.5 Å². The van der Waals surface area contributed by atoms with E-state index in [4.69, 9.17) is 14.2 Å². The second kappa shape index (κ2) is 9.08. The van der Waals surface area contributed by atoms with Gasteiger partial charge < -0.3 is 24.0 Å². The second-order valence-electron chi connectivity index (χ2n) is 10.2. The number of hydrogen-bond acceptors (Lipinski definition) is 5. The number of ether oxygens (including phenoxy) is 3. The van der Waals surface area contributed by atoms with Crippen LogP contribution in [0, 0.1) is 0 Å². The van der Waals surface area contributed by atoms with Crippen LogP contribution in [-0.4, -0.2) is 61.6 Å². The molecule has 34 heavy (non-hydrogen) atoms. The molecular weight excluding hydrogens is 428 g/mol. The summed E-state index contributed by atoms with van der Waals surface area (Å²) >= 11 is 0. The zero-order valence-electron chi connectivity index (χ0n) is 19.8. The molecule has 0 aromatic heterocycles. The van der Waals surface area contributed by atoms with Crippen LogP contribution in [0.5, 0.6) is 0 Å². The minimum absolute atomic E-state index is 0.0923. The van der Waals surface area contributed by atoms with Crippen LogP contribution in [0.1, 0.15) is 47.9 Å². The Labute approximate surface area is 201 Å². The first-order valence-corrected chi connectivity index (χ1v) is 12.7. The lowest BCUT2D eigenvalue weighted by molar-refractivity contribution is -0.143. The molecule has 0 unspecified atom stereocenters. The largest absolute Gasteiger partial charge is 0.370 e. The van der Waals surface area contributed by atoms with Gasteiger partial charge in [-0.25, -0.2) is 0 Å². The lowest BCUT2D eigenvalue weighted by Crippen LogP contribution is -2.46. The summed E-state index contributed by atoms with van der Waals surface area (Å²) in [6.07, 6.45) is 3.75. The van der Waals surface area contributed by atoms with E-state index in [2.05, 4.69) is 53.4 Å². The smallest absolute Gasteiger partial charge is 0.248 e. The Balaban J connectivity index is 0.921. The van der Waals surface area contributed by atoms with Crippen molar-refractivity contribution < 1.29 is 19.0 Å². The molecular formula is C28H34N2O4. The average Bonchev–Trinajstić information content (AvgIpc) is 3.43. The van der Waals surface area contributed by atoms with Crippen molar-refractivity contribution in [1.82, 2.24) is 9.80 Å². The summed E-state index contributed by atoms with van der Waals surface area (Å²) < 4.78 is 18.3. The highest BCUT2D eigenvalue weighted by molar-refractivity contribution is 5.77.